The van der Waals surface area contributed by atoms with Gasteiger partial charge in [-0.3, -0.25) is 0 Å². The van der Waals surface area contributed by atoms with Crippen molar-refractivity contribution in [1.29, 1.82) is 0 Å². The smallest absolute Gasteiger partial charge is 0.109 e. The van der Waals surface area contributed by atoms with E-state index in [1.807, 2.05) is 0 Å². The van der Waals surface area contributed by atoms with Gasteiger partial charge >= 0.3 is 0 Å². The van der Waals surface area contributed by atoms with Crippen molar-refractivity contribution in [3.8, 4) is 0 Å². The molecule has 1 N–H and O–H groups in total. The summed E-state index contributed by atoms with van der Waals surface area (Å²) in [5.41, 5.74) is 0. The number of nitrogens with one attached hydrogen (secondary N) is 1. The second-order valence-electron chi connectivity index (χ2n) is 2.49. The highest BCUT2D eigenvalue weighted by atomic mass is 16.6. The first kappa shape index (κ1) is 5.65. The zero-order valence-corrected chi connectivity index (χ0v) is 5.30. The SMILES string of the molecule is C1CN1.C1OC1C1CO1. The van der Waals surface area contributed by atoms with Crippen molar-refractivity contribution < 1.29 is 9.47 Å². The van der Waals surface area contributed by atoms with Crippen LogP contribution in [0.1, 0.15) is 0 Å². The molecule has 3 rings (SSSR count). The zero-order chi connectivity index (χ0) is 6.10. The van der Waals surface area contributed by atoms with Crippen molar-refractivity contribution in [2.75, 3.05) is 26.3 Å². The van der Waals surface area contributed by atoms with Gasteiger partial charge in [-0.25, -0.2) is 0 Å². The minimum Gasteiger partial charge on any atom is -0.370 e. The van der Waals surface area contributed by atoms with E-state index in [4.69, 9.17) is 9.47 Å². The first-order valence-corrected chi connectivity index (χ1v) is 3.41. The molecule has 0 saturated carbocycles. The van der Waals surface area contributed by atoms with E-state index in [1.165, 1.54) is 13.1 Å². The summed E-state index contributed by atoms with van der Waals surface area (Å²) in [5.74, 6) is 0. The highest BCUT2D eigenvalue weighted by Gasteiger charge is 2.41. The topological polar surface area (TPSA) is 47.0 Å². The van der Waals surface area contributed by atoms with Crippen LogP contribution in [0.5, 0.6) is 0 Å². The van der Waals surface area contributed by atoms with Crippen molar-refractivity contribution in [3.63, 3.8) is 0 Å². The summed E-state index contributed by atoms with van der Waals surface area (Å²) in [4.78, 5) is 0. The second kappa shape index (κ2) is 2.25. The number of epoxide rings is 2. The fourth-order valence-corrected chi connectivity index (χ4v) is 0.540. The third kappa shape index (κ3) is 2.30. The Morgan fingerprint density at radius 3 is 1.44 bits per heavy atom. The van der Waals surface area contributed by atoms with E-state index in [9.17, 15) is 0 Å². The molecule has 0 aromatic carbocycles. The second-order valence-corrected chi connectivity index (χ2v) is 2.49. The molecule has 3 nitrogen and oxygen atoms in total. The maximum absolute atomic E-state index is 4.91. The summed E-state index contributed by atoms with van der Waals surface area (Å²) in [5, 5.41) is 3.00. The molecule has 3 heteroatoms. The summed E-state index contributed by atoms with van der Waals surface area (Å²) in [6, 6.07) is 0. The summed E-state index contributed by atoms with van der Waals surface area (Å²) < 4.78 is 9.81. The molecular formula is C6H11NO2. The van der Waals surface area contributed by atoms with Gasteiger partial charge in [0.15, 0.2) is 0 Å². The van der Waals surface area contributed by atoms with Crippen LogP contribution in [0, 0.1) is 0 Å². The van der Waals surface area contributed by atoms with E-state index in [0.717, 1.165) is 13.2 Å². The fraction of sp³-hybridized carbons (Fsp3) is 1.00. The Morgan fingerprint density at radius 2 is 1.33 bits per heavy atom. The summed E-state index contributed by atoms with van der Waals surface area (Å²) >= 11 is 0. The monoisotopic (exact) mass is 129 g/mol. The summed E-state index contributed by atoms with van der Waals surface area (Å²) in [6.45, 7) is 4.37. The average Bonchev–Trinajstić information content (AvgIpc) is 2.70. The van der Waals surface area contributed by atoms with Crippen molar-refractivity contribution in [2.45, 2.75) is 12.2 Å². The van der Waals surface area contributed by atoms with Crippen LogP contribution in [0.3, 0.4) is 0 Å². The van der Waals surface area contributed by atoms with Crippen LogP contribution in [-0.2, 0) is 9.47 Å². The van der Waals surface area contributed by atoms with E-state index in [2.05, 4.69) is 5.32 Å². The third-order valence-electron chi connectivity index (χ3n) is 1.38. The van der Waals surface area contributed by atoms with Crippen LogP contribution in [0.25, 0.3) is 0 Å². The first-order chi connectivity index (χ1) is 4.47. The fourth-order valence-electron chi connectivity index (χ4n) is 0.540. The van der Waals surface area contributed by atoms with Crippen LogP contribution >= 0.6 is 0 Å². The highest BCUT2D eigenvalue weighted by Crippen LogP contribution is 2.25. The van der Waals surface area contributed by atoms with Gasteiger partial charge < -0.3 is 14.8 Å². The van der Waals surface area contributed by atoms with Crippen LogP contribution < -0.4 is 5.32 Å². The van der Waals surface area contributed by atoms with Gasteiger partial charge in [0.2, 0.25) is 0 Å². The van der Waals surface area contributed by atoms with Crippen molar-refractivity contribution in [3.05, 3.63) is 0 Å². The molecule has 0 radical (unpaired) electrons. The lowest BCUT2D eigenvalue weighted by Gasteiger charge is -1.70. The van der Waals surface area contributed by atoms with Gasteiger partial charge in [0.05, 0.1) is 13.2 Å². The molecule has 0 bridgehead atoms. The van der Waals surface area contributed by atoms with Crippen molar-refractivity contribution >= 4 is 0 Å². The zero-order valence-electron chi connectivity index (χ0n) is 5.30. The van der Waals surface area contributed by atoms with Crippen molar-refractivity contribution in [2.24, 2.45) is 0 Å². The van der Waals surface area contributed by atoms with Gasteiger partial charge in [-0.05, 0) is 0 Å². The van der Waals surface area contributed by atoms with E-state index in [0.29, 0.717) is 12.2 Å². The highest BCUT2D eigenvalue weighted by molar-refractivity contribution is 4.86. The van der Waals surface area contributed by atoms with Crippen LogP contribution in [-0.4, -0.2) is 38.5 Å². The molecule has 0 aliphatic carbocycles. The molecule has 3 heterocycles. The first-order valence-electron chi connectivity index (χ1n) is 3.41. The molecule has 3 fully saturated rings. The largest absolute Gasteiger partial charge is 0.370 e. The predicted molar refractivity (Wildman–Crippen MR) is 32.3 cm³/mol. The van der Waals surface area contributed by atoms with Gasteiger partial charge in [0.25, 0.3) is 0 Å². The Labute approximate surface area is 54.3 Å². The van der Waals surface area contributed by atoms with Crippen LogP contribution in [0.4, 0.5) is 0 Å². The summed E-state index contributed by atoms with van der Waals surface area (Å²) in [7, 11) is 0. The van der Waals surface area contributed by atoms with E-state index < -0.39 is 0 Å². The standard InChI is InChI=1S/C4H6O2.C2H5N/c1-3(5-1)4-2-6-4;1-2-3-1/h3-4H,1-2H2;3H,1-2H2. The van der Waals surface area contributed by atoms with E-state index in [1.54, 1.807) is 0 Å². The maximum Gasteiger partial charge on any atom is 0.109 e. The number of hydrogen-bond donors (Lipinski definition) is 1. The van der Waals surface area contributed by atoms with E-state index in [-0.39, 0.29) is 0 Å². The minimum atomic E-state index is 0.491. The molecule has 9 heavy (non-hydrogen) atoms. The van der Waals surface area contributed by atoms with Gasteiger partial charge in [0.1, 0.15) is 12.2 Å². The van der Waals surface area contributed by atoms with E-state index >= 15 is 0 Å². The molecular weight excluding hydrogens is 118 g/mol. The quantitative estimate of drug-likeness (QED) is 0.480. The third-order valence-corrected chi connectivity index (χ3v) is 1.38. The molecule has 3 aliphatic heterocycles. The van der Waals surface area contributed by atoms with Gasteiger partial charge in [-0.1, -0.05) is 0 Å². The van der Waals surface area contributed by atoms with Gasteiger partial charge in [-0.2, -0.15) is 0 Å². The number of rotatable bonds is 1. The lowest BCUT2D eigenvalue weighted by molar-refractivity contribution is 0.325. The Morgan fingerprint density at radius 1 is 1.00 bits per heavy atom. The maximum atomic E-state index is 4.91. The Hall–Kier alpha value is -0.120. The molecule has 3 aliphatic rings. The molecule has 2 atom stereocenters. The Bertz CT molecular complexity index is 84.5. The van der Waals surface area contributed by atoms with Crippen LogP contribution in [0.15, 0.2) is 0 Å². The summed E-state index contributed by atoms with van der Waals surface area (Å²) in [6.07, 6.45) is 0.981. The van der Waals surface area contributed by atoms with Crippen LogP contribution in [0.2, 0.25) is 0 Å². The molecule has 0 aromatic rings. The van der Waals surface area contributed by atoms with Gasteiger partial charge in [0, 0.05) is 13.1 Å². The normalized spacial score (nSPS) is 42.7. The molecule has 0 spiro atoms. The minimum absolute atomic E-state index is 0.491. The Balaban J connectivity index is 0.0000000944. The predicted octanol–water partition coefficient (Wildman–Crippen LogP) is -0.626. The molecule has 3 saturated heterocycles. The van der Waals surface area contributed by atoms with Gasteiger partial charge in [-0.15, -0.1) is 0 Å². The number of hydrogen-bond acceptors (Lipinski definition) is 3. The van der Waals surface area contributed by atoms with Crippen molar-refractivity contribution in [1.82, 2.24) is 5.32 Å². The lowest BCUT2D eigenvalue weighted by Crippen LogP contribution is -1.92. The molecule has 0 aromatic heterocycles. The number of ether oxygens (including phenoxy) is 2. The Kier molecular flexibility index (Phi) is 1.41. The molecule has 2 unspecified atom stereocenters. The molecule has 0 amide bonds. The average molecular weight is 129 g/mol. The molecule has 52 valence electrons. The lowest BCUT2D eigenvalue weighted by atomic mass is 10.4.